The van der Waals surface area contributed by atoms with Gasteiger partial charge in [-0.1, -0.05) is 43.3 Å². The number of carbonyl (C=O) groups is 4. The number of carbonyl (C=O) groups excluding carboxylic acids is 4. The molecule has 6 rings (SSSR count). The van der Waals surface area contributed by atoms with Gasteiger partial charge in [0.15, 0.2) is 13.9 Å². The number of anilines is 3. The average Bonchev–Trinajstić information content (AvgIpc) is 3.53. The van der Waals surface area contributed by atoms with Gasteiger partial charge < -0.3 is 45.3 Å². The zero-order valence-electron chi connectivity index (χ0n) is 30.6. The van der Waals surface area contributed by atoms with Crippen molar-refractivity contribution < 1.29 is 44.0 Å². The van der Waals surface area contributed by atoms with Gasteiger partial charge in [0, 0.05) is 34.9 Å². The second-order valence-electron chi connectivity index (χ2n) is 15.0. The van der Waals surface area contributed by atoms with E-state index in [-0.39, 0.29) is 31.4 Å². The summed E-state index contributed by atoms with van der Waals surface area (Å²) in [6.45, 7) is 8.35. The first-order valence-corrected chi connectivity index (χ1v) is 21.0. The number of rotatable bonds is 10. The molecule has 7 atom stereocenters. The number of fused-ring (bicyclic) bond motifs is 3. The van der Waals surface area contributed by atoms with Gasteiger partial charge in [-0.25, -0.2) is 0 Å². The molecule has 3 aliphatic rings. The lowest BCUT2D eigenvalue weighted by Gasteiger charge is -2.37. The molecule has 6 N–H and O–H groups in total. The second kappa shape index (κ2) is 14.8. The van der Waals surface area contributed by atoms with Crippen molar-refractivity contribution in [2.45, 2.75) is 95.3 Å². The molecule has 0 aliphatic carbocycles. The monoisotopic (exact) mass is 744 g/mol. The Bertz CT molecular complexity index is 1900. The predicted molar refractivity (Wildman–Crippen MR) is 200 cm³/mol. The Morgan fingerprint density at radius 3 is 2.15 bits per heavy atom. The summed E-state index contributed by atoms with van der Waals surface area (Å²) in [4.78, 5) is 68.7. The highest BCUT2D eigenvalue weighted by atomic mass is 28.4. The maximum absolute atomic E-state index is 15.0. The number of aliphatic hydroxyl groups is 3. The third-order valence-electron chi connectivity index (χ3n) is 10.8. The average molecular weight is 745 g/mol. The number of ether oxygens (including phenoxy) is 1. The largest absolute Gasteiger partial charge is 0.432 e. The van der Waals surface area contributed by atoms with Crippen LogP contribution in [0.2, 0.25) is 18.6 Å². The van der Waals surface area contributed by atoms with Crippen LogP contribution in [0.15, 0.2) is 66.7 Å². The van der Waals surface area contributed by atoms with Gasteiger partial charge in [-0.05, 0) is 80.4 Å². The van der Waals surface area contributed by atoms with Crippen molar-refractivity contribution >= 4 is 49.0 Å². The molecule has 0 aromatic heterocycles. The van der Waals surface area contributed by atoms with E-state index in [1.807, 2.05) is 31.2 Å². The minimum absolute atomic E-state index is 0.118. The molecule has 3 heterocycles. The quantitative estimate of drug-likeness (QED) is 0.170. The minimum Gasteiger partial charge on any atom is -0.432 e. The van der Waals surface area contributed by atoms with Crippen molar-refractivity contribution in [1.29, 1.82) is 0 Å². The lowest BCUT2D eigenvalue weighted by atomic mass is 9.82. The lowest BCUT2D eigenvalue weighted by Crippen LogP contribution is -2.48. The zero-order valence-corrected chi connectivity index (χ0v) is 31.6. The van der Waals surface area contributed by atoms with Crippen LogP contribution in [0.5, 0.6) is 0 Å². The molecular formula is C39H48N4O9Si. The van der Waals surface area contributed by atoms with E-state index in [1.54, 1.807) is 65.4 Å². The van der Waals surface area contributed by atoms with Crippen LogP contribution in [-0.4, -0.2) is 87.9 Å². The molecule has 1 saturated heterocycles. The molecule has 282 valence electrons. The van der Waals surface area contributed by atoms with Gasteiger partial charge >= 0.3 is 0 Å². The molecule has 0 radical (unpaired) electrons. The number of amides is 4. The molecule has 0 unspecified atom stereocenters. The predicted octanol–water partition coefficient (Wildman–Crippen LogP) is 3.01. The van der Waals surface area contributed by atoms with E-state index in [0.717, 1.165) is 16.7 Å². The van der Waals surface area contributed by atoms with Crippen molar-refractivity contribution in [3.63, 3.8) is 0 Å². The van der Waals surface area contributed by atoms with Gasteiger partial charge in [-0.2, -0.15) is 0 Å². The van der Waals surface area contributed by atoms with Crippen LogP contribution in [0.1, 0.15) is 49.4 Å². The van der Waals surface area contributed by atoms with Crippen LogP contribution in [0, 0.1) is 5.92 Å². The number of benzene rings is 3. The molecule has 13 nitrogen and oxygen atoms in total. The molecular weight excluding hydrogens is 697 g/mol. The van der Waals surface area contributed by atoms with Crippen LogP contribution < -0.4 is 15.5 Å². The summed E-state index contributed by atoms with van der Waals surface area (Å²) in [5, 5.41) is 35.1. The number of aliphatic hydroxyl groups excluding tert-OH is 3. The summed E-state index contributed by atoms with van der Waals surface area (Å²) in [7, 11) is -3.14. The van der Waals surface area contributed by atoms with Crippen LogP contribution in [-0.2, 0) is 49.0 Å². The van der Waals surface area contributed by atoms with Crippen molar-refractivity contribution in [3.05, 3.63) is 89.0 Å². The topological polar surface area (TPSA) is 189 Å². The molecule has 3 aromatic rings. The maximum Gasteiger partial charge on any atom is 0.264 e. The molecule has 3 aromatic carbocycles. The highest BCUT2D eigenvalue weighted by molar-refractivity contribution is 6.71. The smallest absolute Gasteiger partial charge is 0.264 e. The summed E-state index contributed by atoms with van der Waals surface area (Å²) < 4.78 is 6.90. The van der Waals surface area contributed by atoms with Gasteiger partial charge in [-0.15, -0.1) is 0 Å². The number of nitrogens with one attached hydrogen (secondary N) is 2. The van der Waals surface area contributed by atoms with Crippen LogP contribution in [0.25, 0.3) is 0 Å². The summed E-state index contributed by atoms with van der Waals surface area (Å²) >= 11 is 0. The van der Waals surface area contributed by atoms with Gasteiger partial charge in [0.1, 0.15) is 12.2 Å². The van der Waals surface area contributed by atoms with Crippen LogP contribution in [0.3, 0.4) is 0 Å². The Morgan fingerprint density at radius 2 is 1.55 bits per heavy atom. The number of nitrogens with zero attached hydrogens (tertiary/aromatic N) is 2. The highest BCUT2D eigenvalue weighted by Gasteiger charge is 2.66. The zero-order chi connectivity index (χ0) is 38.4. The summed E-state index contributed by atoms with van der Waals surface area (Å²) in [5.74, 6) is -2.41. The Labute approximate surface area is 309 Å². The fraction of sp³-hybridized carbons (Fsp3) is 0.436. The van der Waals surface area contributed by atoms with Crippen LogP contribution >= 0.6 is 0 Å². The highest BCUT2D eigenvalue weighted by Crippen LogP contribution is 2.60. The van der Waals surface area contributed by atoms with E-state index in [0.29, 0.717) is 35.6 Å². The fourth-order valence-corrected chi connectivity index (χ4v) is 10.8. The summed E-state index contributed by atoms with van der Waals surface area (Å²) in [5.41, 5.74) is 2.43. The molecule has 0 saturated carbocycles. The molecule has 53 heavy (non-hydrogen) atoms. The first-order chi connectivity index (χ1) is 25.0. The number of hydrogen-bond donors (Lipinski definition) is 6. The Kier molecular flexibility index (Phi) is 10.7. The van der Waals surface area contributed by atoms with Gasteiger partial charge in [0.25, 0.3) is 17.7 Å². The van der Waals surface area contributed by atoms with E-state index in [1.165, 1.54) is 13.8 Å². The van der Waals surface area contributed by atoms with Gasteiger partial charge in [-0.3, -0.25) is 19.2 Å². The SMILES string of the molecule is C[C@H](O)C(=O)Nc1ccc(CN2C(=O)[C@@]3(O[C@@H](CC(=O)N4Cc5ccccc5C[C@H]4CO)[C@H]([Si](C)(C)O)[C@H]3C)c3cc(NC(=O)[C@H](C)O)ccc32)cc1. The van der Waals surface area contributed by atoms with E-state index >= 15 is 0 Å². The standard InChI is InChI=1S/C39H48N4O9Si/c1-22-35(53(4,5)51)33(18-34(47)42-20-27-9-7-6-8-26(27)16-30(42)21-44)52-39(22)31-17-29(41-37(49)24(3)46)14-15-32(31)43(38(39)50)19-25-10-12-28(13-11-25)40-36(48)23(2)45/h6-15,17,22-24,30,33,35,44-46,51H,16,18-21H2,1-5H3,(H,40,48)(H,41,49)/t22-,23+,24+,30+,33+,35-,39+/m1/s1. The lowest BCUT2D eigenvalue weighted by molar-refractivity contribution is -0.151. The fourth-order valence-electron chi connectivity index (χ4n) is 8.21. The third-order valence-corrected chi connectivity index (χ3v) is 13.3. The Morgan fingerprint density at radius 1 is 0.943 bits per heavy atom. The minimum atomic E-state index is -3.14. The number of hydrogen-bond acceptors (Lipinski definition) is 9. The van der Waals surface area contributed by atoms with Crippen molar-refractivity contribution in [3.8, 4) is 0 Å². The normalized spacial score (nSPS) is 24.8. The van der Waals surface area contributed by atoms with E-state index in [4.69, 9.17) is 4.74 Å². The summed E-state index contributed by atoms with van der Waals surface area (Å²) in [6.07, 6.45) is -2.92. The van der Waals surface area contributed by atoms with Crippen molar-refractivity contribution in [2.24, 2.45) is 5.92 Å². The first kappa shape index (κ1) is 38.3. The third kappa shape index (κ3) is 7.27. The molecule has 1 spiro atoms. The van der Waals surface area contributed by atoms with Crippen molar-refractivity contribution in [2.75, 3.05) is 22.1 Å². The van der Waals surface area contributed by atoms with Gasteiger partial charge in [0.2, 0.25) is 5.91 Å². The van der Waals surface area contributed by atoms with Gasteiger partial charge in [0.05, 0.1) is 37.4 Å². The Balaban J connectivity index is 1.36. The molecule has 4 amide bonds. The second-order valence-corrected chi connectivity index (χ2v) is 19.0. The molecule has 14 heteroatoms. The van der Waals surface area contributed by atoms with E-state index < -0.39 is 61.5 Å². The molecule has 0 bridgehead atoms. The van der Waals surface area contributed by atoms with E-state index in [9.17, 15) is 39.3 Å². The molecule has 1 fully saturated rings. The Hall–Kier alpha value is -4.44. The molecule has 3 aliphatic heterocycles. The van der Waals surface area contributed by atoms with Crippen molar-refractivity contribution in [1.82, 2.24) is 4.90 Å². The van der Waals surface area contributed by atoms with E-state index in [2.05, 4.69) is 10.6 Å². The maximum atomic E-state index is 15.0. The first-order valence-electron chi connectivity index (χ1n) is 18.0. The van der Waals surface area contributed by atoms with Crippen LogP contribution in [0.4, 0.5) is 17.1 Å². The summed E-state index contributed by atoms with van der Waals surface area (Å²) in [6, 6.07) is 19.3.